The van der Waals surface area contributed by atoms with Gasteiger partial charge in [-0.2, -0.15) is 5.10 Å². The molecule has 0 saturated heterocycles. The van der Waals surface area contributed by atoms with E-state index >= 15 is 0 Å². The number of nitrogens with zero attached hydrogens (tertiary/aromatic N) is 4. The molecule has 3 rings (SSSR count). The molecule has 0 bridgehead atoms. The zero-order valence-corrected chi connectivity index (χ0v) is 17.8. The van der Waals surface area contributed by atoms with Gasteiger partial charge in [-0.15, -0.1) is 10.2 Å². The number of methoxy groups -OCH3 is 2. The number of carbonyl (C=O) groups excluding carboxylic acids is 1. The predicted octanol–water partition coefficient (Wildman–Crippen LogP) is 2.57. The number of aryl methyl sites for hydroxylation is 3. The summed E-state index contributed by atoms with van der Waals surface area (Å²) in [4.78, 5) is 12.2. The molecule has 0 unspecified atom stereocenters. The van der Waals surface area contributed by atoms with Crippen molar-refractivity contribution >= 4 is 5.91 Å². The number of ether oxygens (including phenoxy) is 2. The van der Waals surface area contributed by atoms with Gasteiger partial charge in [0.1, 0.15) is 5.69 Å². The van der Waals surface area contributed by atoms with Gasteiger partial charge in [0.15, 0.2) is 11.5 Å². The average Bonchev–Trinajstić information content (AvgIpc) is 3.38. The van der Waals surface area contributed by atoms with E-state index in [0.29, 0.717) is 49.2 Å². The Bertz CT molecular complexity index is 995. The fourth-order valence-corrected chi connectivity index (χ4v) is 3.11. The van der Waals surface area contributed by atoms with Gasteiger partial charge in [0.2, 0.25) is 11.8 Å². The second-order valence-corrected chi connectivity index (χ2v) is 6.78. The summed E-state index contributed by atoms with van der Waals surface area (Å²) in [6.45, 7) is 5.15. The van der Waals surface area contributed by atoms with Crippen molar-refractivity contribution in [1.82, 2.24) is 25.3 Å². The summed E-state index contributed by atoms with van der Waals surface area (Å²) in [5.41, 5.74) is 2.73. The van der Waals surface area contributed by atoms with Crippen molar-refractivity contribution in [2.24, 2.45) is 0 Å². The molecular weight excluding hydrogens is 386 g/mol. The summed E-state index contributed by atoms with van der Waals surface area (Å²) in [7, 11) is 3.20. The van der Waals surface area contributed by atoms with Crippen LogP contribution in [-0.2, 0) is 24.2 Å². The highest BCUT2D eigenvalue weighted by Crippen LogP contribution is 2.27. The molecule has 0 fully saturated rings. The van der Waals surface area contributed by atoms with Crippen LogP contribution < -0.4 is 14.8 Å². The first-order valence-corrected chi connectivity index (χ1v) is 9.88. The van der Waals surface area contributed by atoms with Gasteiger partial charge >= 0.3 is 0 Å². The summed E-state index contributed by atoms with van der Waals surface area (Å²) in [5, 5.41) is 15.4. The van der Waals surface area contributed by atoms with Gasteiger partial charge in [0, 0.05) is 25.9 Å². The number of carbonyl (C=O) groups is 1. The molecule has 1 N–H and O–H groups in total. The molecule has 30 heavy (non-hydrogen) atoms. The molecule has 0 spiro atoms. The topological polar surface area (TPSA) is 104 Å². The first-order valence-electron chi connectivity index (χ1n) is 9.88. The fourth-order valence-electron chi connectivity index (χ4n) is 3.11. The van der Waals surface area contributed by atoms with Crippen LogP contribution in [0.1, 0.15) is 30.5 Å². The van der Waals surface area contributed by atoms with E-state index in [1.54, 1.807) is 14.2 Å². The van der Waals surface area contributed by atoms with Crippen molar-refractivity contribution in [3.63, 3.8) is 0 Å². The van der Waals surface area contributed by atoms with Crippen LogP contribution in [0.3, 0.4) is 0 Å². The summed E-state index contributed by atoms with van der Waals surface area (Å²) >= 11 is 0. The van der Waals surface area contributed by atoms with Gasteiger partial charge < -0.3 is 19.2 Å². The Hall–Kier alpha value is -3.36. The lowest BCUT2D eigenvalue weighted by Gasteiger charge is -2.10. The molecule has 160 valence electrons. The lowest BCUT2D eigenvalue weighted by molar-refractivity contribution is -0.121. The Morgan fingerprint density at radius 1 is 1.13 bits per heavy atom. The van der Waals surface area contributed by atoms with Crippen molar-refractivity contribution in [1.29, 1.82) is 0 Å². The zero-order valence-electron chi connectivity index (χ0n) is 17.8. The van der Waals surface area contributed by atoms with Gasteiger partial charge in [-0.05, 0) is 44.0 Å². The maximum Gasteiger partial charge on any atom is 0.265 e. The van der Waals surface area contributed by atoms with Crippen LogP contribution in [0.25, 0.3) is 11.6 Å². The SMILES string of the molecule is CCn1nc(C)cc1-c1nnc(CCC(=O)NCCc2ccc(OC)c(OC)c2)o1. The van der Waals surface area contributed by atoms with Crippen LogP contribution in [0.4, 0.5) is 0 Å². The summed E-state index contributed by atoms with van der Waals surface area (Å²) in [6, 6.07) is 7.63. The van der Waals surface area contributed by atoms with E-state index in [2.05, 4.69) is 20.6 Å². The minimum Gasteiger partial charge on any atom is -0.493 e. The number of hydrogen-bond acceptors (Lipinski definition) is 7. The summed E-state index contributed by atoms with van der Waals surface area (Å²) < 4.78 is 18.1. The number of hydrogen-bond donors (Lipinski definition) is 1. The van der Waals surface area contributed by atoms with Crippen molar-refractivity contribution in [2.45, 2.75) is 39.7 Å². The third-order valence-corrected chi connectivity index (χ3v) is 4.64. The largest absolute Gasteiger partial charge is 0.493 e. The Balaban J connectivity index is 1.47. The van der Waals surface area contributed by atoms with E-state index in [1.807, 2.05) is 42.8 Å². The highest BCUT2D eigenvalue weighted by molar-refractivity contribution is 5.76. The lowest BCUT2D eigenvalue weighted by Crippen LogP contribution is -2.25. The van der Waals surface area contributed by atoms with E-state index in [-0.39, 0.29) is 12.3 Å². The maximum absolute atomic E-state index is 12.2. The second-order valence-electron chi connectivity index (χ2n) is 6.78. The molecule has 0 radical (unpaired) electrons. The van der Waals surface area contributed by atoms with Gasteiger partial charge in [-0.1, -0.05) is 6.07 Å². The van der Waals surface area contributed by atoms with Crippen molar-refractivity contribution < 1.29 is 18.7 Å². The Labute approximate surface area is 175 Å². The lowest BCUT2D eigenvalue weighted by atomic mass is 10.1. The van der Waals surface area contributed by atoms with E-state index in [9.17, 15) is 4.79 Å². The Morgan fingerprint density at radius 3 is 2.67 bits per heavy atom. The maximum atomic E-state index is 12.2. The first-order chi connectivity index (χ1) is 14.5. The molecule has 9 heteroatoms. The molecule has 2 aromatic heterocycles. The van der Waals surface area contributed by atoms with Crippen molar-refractivity contribution in [2.75, 3.05) is 20.8 Å². The molecule has 2 heterocycles. The molecule has 0 atom stereocenters. The normalized spacial score (nSPS) is 10.8. The minimum absolute atomic E-state index is 0.0651. The van der Waals surface area contributed by atoms with Crippen LogP contribution >= 0.6 is 0 Å². The van der Waals surface area contributed by atoms with Crippen LogP contribution in [0.2, 0.25) is 0 Å². The Kier molecular flexibility index (Phi) is 7.05. The van der Waals surface area contributed by atoms with Gasteiger partial charge in [-0.25, -0.2) is 0 Å². The molecule has 3 aromatic rings. The number of aromatic nitrogens is 4. The molecular formula is C21H27N5O4. The molecule has 1 aromatic carbocycles. The molecule has 1 amide bonds. The molecule has 0 aliphatic heterocycles. The van der Waals surface area contributed by atoms with Crippen molar-refractivity contribution in [3.05, 3.63) is 41.4 Å². The highest BCUT2D eigenvalue weighted by Gasteiger charge is 2.15. The van der Waals surface area contributed by atoms with Crippen LogP contribution in [0.15, 0.2) is 28.7 Å². The van der Waals surface area contributed by atoms with Crippen LogP contribution in [0.5, 0.6) is 11.5 Å². The second kappa shape index (κ2) is 9.91. The van der Waals surface area contributed by atoms with E-state index < -0.39 is 0 Å². The van der Waals surface area contributed by atoms with Gasteiger partial charge in [0.05, 0.1) is 19.9 Å². The quantitative estimate of drug-likeness (QED) is 0.545. The van der Waals surface area contributed by atoms with E-state index in [1.165, 1.54) is 0 Å². The zero-order chi connectivity index (χ0) is 21.5. The molecule has 0 aliphatic rings. The molecule has 0 saturated carbocycles. The number of benzene rings is 1. The Morgan fingerprint density at radius 2 is 1.93 bits per heavy atom. The van der Waals surface area contributed by atoms with Gasteiger partial charge in [0.25, 0.3) is 5.89 Å². The molecule has 0 aliphatic carbocycles. The number of amides is 1. The van der Waals surface area contributed by atoms with Crippen molar-refractivity contribution in [3.8, 4) is 23.1 Å². The third kappa shape index (κ3) is 5.16. The first kappa shape index (κ1) is 21.4. The molecule has 9 nitrogen and oxygen atoms in total. The van der Waals surface area contributed by atoms with Crippen LogP contribution in [-0.4, -0.2) is 46.6 Å². The monoisotopic (exact) mass is 413 g/mol. The number of nitrogens with one attached hydrogen (secondary N) is 1. The summed E-state index contributed by atoms with van der Waals surface area (Å²) in [6.07, 6.45) is 1.35. The third-order valence-electron chi connectivity index (χ3n) is 4.64. The standard InChI is InChI=1S/C21H27N5O4/c1-5-26-16(12-14(2)25-26)21-24-23-20(30-21)9-8-19(27)22-11-10-15-6-7-17(28-3)18(13-15)29-4/h6-7,12-13H,5,8-11H2,1-4H3,(H,22,27). The van der Waals surface area contributed by atoms with Crippen LogP contribution in [0, 0.1) is 6.92 Å². The highest BCUT2D eigenvalue weighted by atomic mass is 16.5. The van der Waals surface area contributed by atoms with Gasteiger partial charge in [-0.3, -0.25) is 9.48 Å². The van der Waals surface area contributed by atoms with E-state index in [0.717, 1.165) is 17.0 Å². The number of rotatable bonds is 10. The van der Waals surface area contributed by atoms with E-state index in [4.69, 9.17) is 13.9 Å². The summed E-state index contributed by atoms with van der Waals surface area (Å²) in [5.74, 6) is 2.14. The fraction of sp³-hybridized carbons (Fsp3) is 0.429. The average molecular weight is 413 g/mol. The smallest absolute Gasteiger partial charge is 0.265 e. The predicted molar refractivity (Wildman–Crippen MR) is 111 cm³/mol. The minimum atomic E-state index is -0.0651.